The van der Waals surface area contributed by atoms with Crippen molar-refractivity contribution in [3.63, 3.8) is 0 Å². The quantitative estimate of drug-likeness (QED) is 0.460. The Balaban J connectivity index is 1.54. The van der Waals surface area contributed by atoms with E-state index in [1.165, 1.54) is 16.9 Å². The van der Waals surface area contributed by atoms with Gasteiger partial charge in [0.05, 0.1) is 24.5 Å². The van der Waals surface area contributed by atoms with E-state index in [1.807, 2.05) is 24.3 Å². The summed E-state index contributed by atoms with van der Waals surface area (Å²) in [7, 11) is 1.59. The van der Waals surface area contributed by atoms with Crippen LogP contribution in [0.25, 0.3) is 0 Å². The Hall–Kier alpha value is -3.76. The van der Waals surface area contributed by atoms with Crippen LogP contribution in [0.2, 0.25) is 0 Å². The molecule has 0 aliphatic heterocycles. The van der Waals surface area contributed by atoms with Gasteiger partial charge < -0.3 is 24.7 Å². The zero-order chi connectivity index (χ0) is 19.2. The molecular formula is C16H16N6O5. The number of amides is 1. The molecule has 11 heteroatoms. The van der Waals surface area contributed by atoms with Gasteiger partial charge in [0, 0.05) is 6.54 Å². The summed E-state index contributed by atoms with van der Waals surface area (Å²) >= 11 is 0. The third-order valence-corrected chi connectivity index (χ3v) is 3.65. The fourth-order valence-corrected chi connectivity index (χ4v) is 2.39. The number of benzene rings is 1. The Morgan fingerprint density at radius 3 is 2.93 bits per heavy atom. The molecule has 0 spiro atoms. The molecule has 0 radical (unpaired) electrons. The van der Waals surface area contributed by atoms with Crippen LogP contribution in [0.3, 0.4) is 0 Å². The van der Waals surface area contributed by atoms with Gasteiger partial charge in [0.25, 0.3) is 0 Å². The predicted octanol–water partition coefficient (Wildman–Crippen LogP) is 1.20. The van der Waals surface area contributed by atoms with Crippen molar-refractivity contribution in [3.8, 4) is 5.75 Å². The van der Waals surface area contributed by atoms with Crippen molar-refractivity contribution in [2.24, 2.45) is 0 Å². The number of hydrogen-bond donors (Lipinski definition) is 1. The third-order valence-electron chi connectivity index (χ3n) is 3.65. The zero-order valence-electron chi connectivity index (χ0n) is 14.4. The molecule has 27 heavy (non-hydrogen) atoms. The van der Waals surface area contributed by atoms with Gasteiger partial charge in [0.2, 0.25) is 0 Å². The van der Waals surface area contributed by atoms with E-state index in [0.29, 0.717) is 13.0 Å². The highest BCUT2D eigenvalue weighted by Crippen LogP contribution is 2.17. The number of methoxy groups -OCH3 is 1. The highest BCUT2D eigenvalue weighted by atomic mass is 16.6. The summed E-state index contributed by atoms with van der Waals surface area (Å²) in [5.41, 5.74) is 0.965. The molecule has 0 saturated heterocycles. The topological polar surface area (TPSA) is 138 Å². The molecule has 0 unspecified atom stereocenters. The van der Waals surface area contributed by atoms with Crippen LogP contribution in [0.1, 0.15) is 22.1 Å². The maximum Gasteiger partial charge on any atom is 0.389 e. The van der Waals surface area contributed by atoms with Crippen LogP contribution in [0.4, 0.5) is 5.82 Å². The van der Waals surface area contributed by atoms with Crippen LogP contribution in [0.15, 0.2) is 41.1 Å². The minimum atomic E-state index is -0.604. The maximum atomic E-state index is 12.1. The molecule has 11 nitrogen and oxygen atoms in total. The van der Waals surface area contributed by atoms with Crippen molar-refractivity contribution in [2.75, 3.05) is 13.7 Å². The zero-order valence-corrected chi connectivity index (χ0v) is 14.4. The van der Waals surface area contributed by atoms with E-state index >= 15 is 0 Å². The predicted molar refractivity (Wildman–Crippen MR) is 91.3 cm³/mol. The lowest BCUT2D eigenvalue weighted by Crippen LogP contribution is -2.26. The number of para-hydroxylation sites is 1. The number of rotatable bonds is 8. The van der Waals surface area contributed by atoms with Gasteiger partial charge in [-0.1, -0.05) is 23.4 Å². The molecule has 1 N–H and O–H groups in total. The average Bonchev–Trinajstić information content (AvgIpc) is 3.32. The van der Waals surface area contributed by atoms with Gasteiger partial charge in [-0.2, -0.15) is 9.67 Å². The van der Waals surface area contributed by atoms with Gasteiger partial charge in [-0.3, -0.25) is 4.79 Å². The molecule has 0 atom stereocenters. The number of nitro groups is 1. The second kappa shape index (κ2) is 8.08. The molecule has 3 rings (SSSR count). The lowest BCUT2D eigenvalue weighted by atomic mass is 10.1. The first-order valence-corrected chi connectivity index (χ1v) is 7.97. The Labute approximate surface area is 153 Å². The summed E-state index contributed by atoms with van der Waals surface area (Å²) in [4.78, 5) is 26.1. The molecular weight excluding hydrogens is 356 g/mol. The summed E-state index contributed by atoms with van der Waals surface area (Å²) in [6.45, 7) is 0.411. The van der Waals surface area contributed by atoms with Gasteiger partial charge in [0.15, 0.2) is 5.82 Å². The molecule has 0 saturated carbocycles. The van der Waals surface area contributed by atoms with E-state index in [9.17, 15) is 14.9 Å². The Morgan fingerprint density at radius 2 is 2.19 bits per heavy atom. The molecule has 0 aliphatic carbocycles. The van der Waals surface area contributed by atoms with E-state index in [-0.39, 0.29) is 24.1 Å². The summed E-state index contributed by atoms with van der Waals surface area (Å²) in [5.74, 6) is -0.0439. The smallest absolute Gasteiger partial charge is 0.389 e. The minimum Gasteiger partial charge on any atom is -0.496 e. The highest BCUT2D eigenvalue weighted by molar-refractivity contribution is 5.89. The second-order valence-corrected chi connectivity index (χ2v) is 5.46. The Morgan fingerprint density at radius 1 is 1.37 bits per heavy atom. The van der Waals surface area contributed by atoms with Crippen molar-refractivity contribution in [1.29, 1.82) is 0 Å². The van der Waals surface area contributed by atoms with Crippen LogP contribution in [0.5, 0.6) is 5.75 Å². The van der Waals surface area contributed by atoms with Crippen LogP contribution >= 0.6 is 0 Å². The van der Waals surface area contributed by atoms with Crippen molar-refractivity contribution >= 4 is 11.7 Å². The van der Waals surface area contributed by atoms with Crippen LogP contribution in [-0.2, 0) is 13.0 Å². The molecule has 1 aromatic carbocycles. The van der Waals surface area contributed by atoms with E-state index in [2.05, 4.69) is 20.6 Å². The molecule has 1 amide bonds. The summed E-state index contributed by atoms with van der Waals surface area (Å²) in [6.07, 6.45) is 2.00. The lowest BCUT2D eigenvalue weighted by molar-refractivity contribution is -0.389. The largest absolute Gasteiger partial charge is 0.496 e. The fraction of sp³-hybridized carbons (Fsp3) is 0.250. The van der Waals surface area contributed by atoms with Crippen molar-refractivity contribution in [3.05, 3.63) is 63.9 Å². The number of carbonyl (C=O) groups excluding carboxylic acids is 1. The van der Waals surface area contributed by atoms with E-state index in [1.54, 1.807) is 7.11 Å². The SMILES string of the molecule is COc1ccccc1CCNC(=O)c1nc(Cn2ccc([N+](=O)[O-])n2)no1. The fourth-order valence-electron chi connectivity index (χ4n) is 2.39. The molecule has 0 bridgehead atoms. The number of nitrogens with zero attached hydrogens (tertiary/aromatic N) is 5. The van der Waals surface area contributed by atoms with Crippen molar-refractivity contribution in [1.82, 2.24) is 25.2 Å². The molecule has 2 aromatic heterocycles. The lowest BCUT2D eigenvalue weighted by Gasteiger charge is -2.07. The van der Waals surface area contributed by atoms with Gasteiger partial charge in [0.1, 0.15) is 12.3 Å². The van der Waals surface area contributed by atoms with Gasteiger partial charge in [-0.15, -0.1) is 0 Å². The normalized spacial score (nSPS) is 10.6. The Kier molecular flexibility index (Phi) is 5.40. The second-order valence-electron chi connectivity index (χ2n) is 5.46. The average molecular weight is 372 g/mol. The number of ether oxygens (including phenoxy) is 1. The number of hydrogen-bond acceptors (Lipinski definition) is 8. The molecule has 3 aromatic rings. The molecule has 0 aliphatic rings. The first kappa shape index (κ1) is 18.0. The van der Waals surface area contributed by atoms with Gasteiger partial charge in [-0.25, -0.2) is 0 Å². The number of aromatic nitrogens is 4. The Bertz CT molecular complexity index is 950. The van der Waals surface area contributed by atoms with Crippen molar-refractivity contribution < 1.29 is 19.0 Å². The van der Waals surface area contributed by atoms with Gasteiger partial charge in [-0.05, 0) is 23.0 Å². The van der Waals surface area contributed by atoms with Crippen molar-refractivity contribution in [2.45, 2.75) is 13.0 Å². The molecule has 0 fully saturated rings. The molecule has 140 valence electrons. The first-order valence-electron chi connectivity index (χ1n) is 7.97. The van der Waals surface area contributed by atoms with Gasteiger partial charge >= 0.3 is 17.6 Å². The standard InChI is InChI=1S/C16H16N6O5/c1-26-12-5-3-2-4-11(12)6-8-17-15(23)16-18-13(20-27-16)10-21-9-7-14(19-21)22(24)25/h2-5,7,9H,6,8,10H2,1H3,(H,17,23). The number of carbonyl (C=O) groups is 1. The van der Waals surface area contributed by atoms with Crippen LogP contribution < -0.4 is 10.1 Å². The first-order chi connectivity index (χ1) is 13.1. The minimum absolute atomic E-state index is 0.0475. The van der Waals surface area contributed by atoms with E-state index in [4.69, 9.17) is 9.26 Å². The molecule has 2 heterocycles. The van der Waals surface area contributed by atoms with E-state index < -0.39 is 10.8 Å². The van der Waals surface area contributed by atoms with E-state index in [0.717, 1.165) is 11.3 Å². The monoisotopic (exact) mass is 372 g/mol. The number of nitrogens with one attached hydrogen (secondary N) is 1. The summed E-state index contributed by atoms with van der Waals surface area (Å²) in [5, 5.41) is 20.7. The van der Waals surface area contributed by atoms with Crippen LogP contribution in [-0.4, -0.2) is 44.4 Å². The third kappa shape index (κ3) is 4.45. The maximum absolute atomic E-state index is 12.1. The van der Waals surface area contributed by atoms with Crippen LogP contribution in [0, 0.1) is 10.1 Å². The summed E-state index contributed by atoms with van der Waals surface area (Å²) < 4.78 is 11.5. The highest BCUT2D eigenvalue weighted by Gasteiger charge is 2.17. The summed E-state index contributed by atoms with van der Waals surface area (Å²) in [6, 6.07) is 8.78.